The van der Waals surface area contributed by atoms with Gasteiger partial charge in [0.2, 0.25) is 0 Å². The molecular formula is C61H76N2O10. The van der Waals surface area contributed by atoms with Crippen molar-refractivity contribution in [3.05, 3.63) is 144 Å². The maximum atomic E-state index is 12.5. The van der Waals surface area contributed by atoms with Crippen molar-refractivity contribution in [3.63, 3.8) is 0 Å². The highest BCUT2D eigenvalue weighted by Gasteiger charge is 2.21. The van der Waals surface area contributed by atoms with Crippen LogP contribution in [0.1, 0.15) is 145 Å². The molecule has 12 heteroatoms. The van der Waals surface area contributed by atoms with Crippen LogP contribution in [0.5, 0.6) is 23.0 Å². The zero-order chi connectivity index (χ0) is 52.5. The molecule has 390 valence electrons. The second-order valence-corrected chi connectivity index (χ2v) is 18.4. The Morgan fingerprint density at radius 1 is 0.521 bits per heavy atom. The highest BCUT2D eigenvalue weighted by Crippen LogP contribution is 2.34. The summed E-state index contributed by atoms with van der Waals surface area (Å²) in [5.74, 6) is 0.159. The van der Waals surface area contributed by atoms with Crippen LogP contribution in [0.3, 0.4) is 0 Å². The molecule has 12 nitrogen and oxygen atoms in total. The molecule has 1 saturated carbocycles. The Hall–Kier alpha value is -7.08. The first-order valence-corrected chi connectivity index (χ1v) is 26.1. The fourth-order valence-corrected chi connectivity index (χ4v) is 9.33. The molecule has 0 bridgehead atoms. The summed E-state index contributed by atoms with van der Waals surface area (Å²) in [6.45, 7) is 8.22. The predicted molar refractivity (Wildman–Crippen MR) is 290 cm³/mol. The van der Waals surface area contributed by atoms with Gasteiger partial charge in [0.25, 0.3) is 11.8 Å². The Labute approximate surface area is 431 Å². The van der Waals surface area contributed by atoms with E-state index in [4.69, 9.17) is 18.9 Å². The molecule has 1 fully saturated rings. The summed E-state index contributed by atoms with van der Waals surface area (Å²) in [5.41, 5.74) is 3.64. The first kappa shape index (κ1) is 56.8. The number of methoxy groups -OCH3 is 2. The lowest BCUT2D eigenvalue weighted by Gasteiger charge is -2.18. The Kier molecular flexibility index (Phi) is 23.4. The maximum Gasteiger partial charge on any atom is 0.304 e. The van der Waals surface area contributed by atoms with Gasteiger partial charge < -0.3 is 39.8 Å². The van der Waals surface area contributed by atoms with Crippen molar-refractivity contribution in [2.75, 3.05) is 27.4 Å². The first-order chi connectivity index (χ1) is 35.4. The van der Waals surface area contributed by atoms with Gasteiger partial charge in [-0.25, -0.2) is 0 Å². The Morgan fingerprint density at radius 2 is 0.945 bits per heavy atom. The predicted octanol–water partition coefficient (Wildman–Crippen LogP) is 13.0. The van der Waals surface area contributed by atoms with Crippen LogP contribution in [-0.4, -0.2) is 73.5 Å². The van der Waals surface area contributed by atoms with Crippen molar-refractivity contribution in [2.45, 2.75) is 135 Å². The van der Waals surface area contributed by atoms with E-state index in [9.17, 15) is 29.4 Å². The third kappa shape index (κ3) is 18.2. The quantitative estimate of drug-likeness (QED) is 0.0453. The number of hydrogen-bond acceptors (Lipinski definition) is 8. The number of aliphatic carboxylic acids is 2. The van der Waals surface area contributed by atoms with Gasteiger partial charge in [0, 0.05) is 23.9 Å². The molecule has 3 atom stereocenters. The van der Waals surface area contributed by atoms with E-state index in [-0.39, 0.29) is 61.8 Å². The number of carboxylic acid groups (broad SMARTS) is 2. The molecule has 0 saturated heterocycles. The number of ether oxygens (including phenoxy) is 4. The fourth-order valence-electron chi connectivity index (χ4n) is 9.33. The zero-order valence-electron chi connectivity index (χ0n) is 43.6. The smallest absolute Gasteiger partial charge is 0.304 e. The molecule has 4 N–H and O–H groups in total. The number of amides is 2. The number of benzene rings is 6. The summed E-state index contributed by atoms with van der Waals surface area (Å²) < 4.78 is 22.1. The van der Waals surface area contributed by atoms with Crippen LogP contribution in [-0.2, 0) is 19.2 Å². The molecule has 1 aliphatic rings. The number of rotatable bonds is 23. The first-order valence-electron chi connectivity index (χ1n) is 26.1. The van der Waals surface area contributed by atoms with Crippen LogP contribution in [0.2, 0.25) is 0 Å². The third-order valence-corrected chi connectivity index (χ3v) is 13.1. The van der Waals surface area contributed by atoms with Gasteiger partial charge in [-0.15, -0.1) is 0 Å². The van der Waals surface area contributed by atoms with Crippen LogP contribution in [0, 0.1) is 0 Å². The lowest BCUT2D eigenvalue weighted by molar-refractivity contribution is -0.138. The van der Waals surface area contributed by atoms with Gasteiger partial charge in [-0.05, 0) is 118 Å². The van der Waals surface area contributed by atoms with Crippen molar-refractivity contribution in [1.29, 1.82) is 0 Å². The van der Waals surface area contributed by atoms with Crippen LogP contribution in [0.15, 0.2) is 121 Å². The Morgan fingerprint density at radius 3 is 1.37 bits per heavy atom. The molecule has 6 aromatic carbocycles. The van der Waals surface area contributed by atoms with Crippen molar-refractivity contribution < 1.29 is 48.3 Å². The minimum Gasteiger partial charge on any atom is -0.497 e. The molecule has 2 amide bonds. The van der Waals surface area contributed by atoms with Crippen molar-refractivity contribution in [2.24, 2.45) is 0 Å². The molecule has 73 heavy (non-hydrogen) atoms. The van der Waals surface area contributed by atoms with Crippen molar-refractivity contribution in [1.82, 2.24) is 10.6 Å². The summed E-state index contributed by atoms with van der Waals surface area (Å²) in [7, 11) is 3.21. The molecule has 0 spiro atoms. The van der Waals surface area contributed by atoms with Gasteiger partial charge in [0.15, 0.2) is 13.2 Å². The van der Waals surface area contributed by atoms with Gasteiger partial charge >= 0.3 is 11.9 Å². The summed E-state index contributed by atoms with van der Waals surface area (Å²) in [6.07, 6.45) is 12.0. The normalized spacial score (nSPS) is 13.6. The van der Waals surface area contributed by atoms with E-state index in [2.05, 4.69) is 24.5 Å². The number of carboxylic acids is 2. The molecule has 0 heterocycles. The molecule has 1 aliphatic carbocycles. The summed E-state index contributed by atoms with van der Waals surface area (Å²) in [6, 6.07) is 38.8. The van der Waals surface area contributed by atoms with E-state index in [1.54, 1.807) is 14.2 Å². The highest BCUT2D eigenvalue weighted by atomic mass is 16.5. The lowest BCUT2D eigenvalue weighted by atomic mass is 9.87. The summed E-state index contributed by atoms with van der Waals surface area (Å²) >= 11 is 0. The molecule has 0 radical (unpaired) electrons. The van der Waals surface area contributed by atoms with E-state index >= 15 is 0 Å². The molecule has 3 unspecified atom stereocenters. The molecule has 7 rings (SSSR count). The van der Waals surface area contributed by atoms with E-state index in [0.717, 1.165) is 113 Å². The van der Waals surface area contributed by atoms with Crippen LogP contribution < -0.4 is 29.6 Å². The van der Waals surface area contributed by atoms with Gasteiger partial charge in [-0.1, -0.05) is 145 Å². The van der Waals surface area contributed by atoms with Gasteiger partial charge in [0.05, 0.1) is 27.1 Å². The second kappa shape index (κ2) is 30.1. The van der Waals surface area contributed by atoms with Crippen LogP contribution >= 0.6 is 0 Å². The average Bonchev–Trinajstić information content (AvgIpc) is 3.68. The van der Waals surface area contributed by atoms with Crippen molar-refractivity contribution >= 4 is 45.3 Å². The van der Waals surface area contributed by atoms with Gasteiger partial charge in [-0.3, -0.25) is 19.2 Å². The van der Waals surface area contributed by atoms with E-state index < -0.39 is 11.9 Å². The maximum absolute atomic E-state index is 12.5. The summed E-state index contributed by atoms with van der Waals surface area (Å²) in [5, 5.41) is 29.2. The topological polar surface area (TPSA) is 170 Å². The van der Waals surface area contributed by atoms with E-state index in [1.165, 1.54) is 12.8 Å². The SMILES string of the molecule is CC.CCCCC(CCC)NC(=O)COc1ccc2ccc(C(CC(=O)O)c3ccc(OC)cc3)cc2c1.COc1ccc(C(CC(=O)O)c2ccc3ccc(OCC(=O)NC4CCCCCC4)cc3c2)cc1. The number of hydrogen-bond donors (Lipinski definition) is 4. The minimum atomic E-state index is -0.862. The lowest BCUT2D eigenvalue weighted by Crippen LogP contribution is -2.37. The molecule has 0 aliphatic heterocycles. The average molecular weight is 997 g/mol. The van der Waals surface area contributed by atoms with Gasteiger partial charge in [0.1, 0.15) is 23.0 Å². The highest BCUT2D eigenvalue weighted by molar-refractivity contribution is 5.86. The largest absolute Gasteiger partial charge is 0.497 e. The number of unbranched alkanes of at least 4 members (excludes halogenated alkanes) is 1. The Bertz CT molecular complexity index is 2660. The third-order valence-electron chi connectivity index (χ3n) is 13.1. The molecule has 0 aromatic heterocycles. The molecule has 6 aromatic rings. The monoisotopic (exact) mass is 997 g/mol. The van der Waals surface area contributed by atoms with E-state index in [0.29, 0.717) is 11.5 Å². The number of fused-ring (bicyclic) bond motifs is 2. The zero-order valence-corrected chi connectivity index (χ0v) is 43.6. The van der Waals surface area contributed by atoms with Crippen LogP contribution in [0.25, 0.3) is 21.5 Å². The van der Waals surface area contributed by atoms with E-state index in [1.807, 2.05) is 135 Å². The number of nitrogens with one attached hydrogen (secondary N) is 2. The number of carbonyl (C=O) groups excluding carboxylic acids is 2. The fraction of sp³-hybridized carbons (Fsp3) is 0.410. The summed E-state index contributed by atoms with van der Waals surface area (Å²) in [4.78, 5) is 48.1. The van der Waals surface area contributed by atoms with Crippen LogP contribution in [0.4, 0.5) is 0 Å². The standard InChI is InChI=1S/C30H37NO5.C29H33NO5.C2H6/c1-4-6-8-25(7-5-2)31-29(32)20-36-27-16-11-21-9-10-23(17-24(21)18-27)28(19-30(33)34)22-12-14-26(35-3)15-13-22;1-34-25-13-11-21(12-14-25)27(18-29(32)33)22-9-8-20-10-15-26(17-23(20)16-22)35-19-28(31)30-24-6-4-2-3-5-7-24;1-2/h9-18,25,28H,4-8,19-20H2,1-3H3,(H,31,32)(H,33,34);8-17,24,27H,2-7,18-19H2,1H3,(H,30,31)(H,32,33);1-2H3. The van der Waals surface area contributed by atoms with Crippen molar-refractivity contribution in [3.8, 4) is 23.0 Å². The van der Waals surface area contributed by atoms with Gasteiger partial charge in [-0.2, -0.15) is 0 Å². The second-order valence-electron chi connectivity index (χ2n) is 18.4. The Balaban J connectivity index is 0.000000262. The molecular weight excluding hydrogens is 921 g/mol. The number of carbonyl (C=O) groups is 4. The minimum absolute atomic E-state index is 0.0185.